The van der Waals surface area contributed by atoms with E-state index in [1.807, 2.05) is 67.8 Å². The van der Waals surface area contributed by atoms with Crippen LogP contribution in [-0.2, 0) is 4.79 Å². The van der Waals surface area contributed by atoms with Gasteiger partial charge in [-0.2, -0.15) is 0 Å². The van der Waals surface area contributed by atoms with E-state index in [1.54, 1.807) is 11.3 Å². The molecular weight excluding hydrogens is 398 g/mol. The summed E-state index contributed by atoms with van der Waals surface area (Å²) >= 11 is 5.04. The van der Waals surface area contributed by atoms with Gasteiger partial charge in [-0.1, -0.05) is 34.1 Å². The molecule has 4 nitrogen and oxygen atoms in total. The minimum absolute atomic E-state index is 0.0858. The highest BCUT2D eigenvalue weighted by molar-refractivity contribution is 9.10. The van der Waals surface area contributed by atoms with Gasteiger partial charge in [-0.25, -0.2) is 4.98 Å². The van der Waals surface area contributed by atoms with Crippen LogP contribution in [0, 0.1) is 6.92 Å². The van der Waals surface area contributed by atoms with E-state index in [9.17, 15) is 4.79 Å². The zero-order valence-electron chi connectivity index (χ0n) is 13.9. The summed E-state index contributed by atoms with van der Waals surface area (Å²) in [6.07, 6.45) is 0. The molecule has 2 N–H and O–H groups in total. The number of amides is 1. The molecule has 6 heteroatoms. The summed E-state index contributed by atoms with van der Waals surface area (Å²) in [5, 5.41) is 9.22. The largest absolute Gasteiger partial charge is 0.374 e. The fourth-order valence-electron chi connectivity index (χ4n) is 2.37. The summed E-state index contributed by atoms with van der Waals surface area (Å²) in [6, 6.07) is 15.1. The van der Waals surface area contributed by atoms with Gasteiger partial charge in [-0.3, -0.25) is 4.79 Å². The molecule has 1 amide bonds. The van der Waals surface area contributed by atoms with Gasteiger partial charge in [0.05, 0.1) is 10.7 Å². The summed E-state index contributed by atoms with van der Waals surface area (Å²) < 4.78 is 0.929. The summed E-state index contributed by atoms with van der Waals surface area (Å²) in [5.74, 6) is -0.0858. The third-order valence-corrected chi connectivity index (χ3v) is 4.94. The van der Waals surface area contributed by atoms with Crippen molar-refractivity contribution in [2.24, 2.45) is 0 Å². The van der Waals surface area contributed by atoms with Crippen molar-refractivity contribution in [2.45, 2.75) is 19.9 Å². The van der Waals surface area contributed by atoms with Crippen LogP contribution in [-0.4, -0.2) is 16.9 Å². The molecule has 0 fully saturated rings. The van der Waals surface area contributed by atoms with Crippen molar-refractivity contribution >= 4 is 44.5 Å². The first-order chi connectivity index (χ1) is 12.0. The molecule has 3 aromatic rings. The second kappa shape index (κ2) is 7.80. The van der Waals surface area contributed by atoms with E-state index in [2.05, 4.69) is 31.5 Å². The number of anilines is 2. The number of thiazole rings is 1. The highest BCUT2D eigenvalue weighted by Gasteiger charge is 2.13. The van der Waals surface area contributed by atoms with Gasteiger partial charge in [0.2, 0.25) is 5.91 Å². The standard InChI is InChI=1S/C19H18BrN3OS/c1-12(19(24)23-17-5-3-4-15(20)10-17)21-16-8-6-14(7-9-16)18-11-25-13(2)22-18/h3-12,21H,1-2H3,(H,23,24). The number of nitrogens with one attached hydrogen (secondary N) is 2. The lowest BCUT2D eigenvalue weighted by molar-refractivity contribution is -0.116. The molecule has 0 aliphatic carbocycles. The van der Waals surface area contributed by atoms with Crippen molar-refractivity contribution in [2.75, 3.05) is 10.6 Å². The number of carbonyl (C=O) groups is 1. The van der Waals surface area contributed by atoms with Crippen molar-refractivity contribution in [1.29, 1.82) is 0 Å². The van der Waals surface area contributed by atoms with Crippen LogP contribution < -0.4 is 10.6 Å². The molecule has 128 valence electrons. The molecule has 0 saturated heterocycles. The maximum absolute atomic E-state index is 12.3. The quantitative estimate of drug-likeness (QED) is 0.592. The molecule has 25 heavy (non-hydrogen) atoms. The maximum atomic E-state index is 12.3. The van der Waals surface area contributed by atoms with Gasteiger partial charge in [-0.05, 0) is 44.2 Å². The number of nitrogens with zero attached hydrogens (tertiary/aromatic N) is 1. The van der Waals surface area contributed by atoms with Gasteiger partial charge < -0.3 is 10.6 Å². The Balaban J connectivity index is 1.62. The van der Waals surface area contributed by atoms with Crippen LogP contribution in [0.2, 0.25) is 0 Å². The Morgan fingerprint density at radius 1 is 1.16 bits per heavy atom. The van der Waals surface area contributed by atoms with Crippen molar-refractivity contribution in [3.8, 4) is 11.3 Å². The fourth-order valence-corrected chi connectivity index (χ4v) is 3.39. The lowest BCUT2D eigenvalue weighted by Crippen LogP contribution is -2.31. The smallest absolute Gasteiger partial charge is 0.246 e. The zero-order valence-corrected chi connectivity index (χ0v) is 16.3. The number of hydrogen-bond donors (Lipinski definition) is 2. The molecular formula is C19H18BrN3OS. The molecule has 1 atom stereocenters. The minimum Gasteiger partial charge on any atom is -0.374 e. The number of rotatable bonds is 5. The van der Waals surface area contributed by atoms with Crippen LogP contribution in [0.1, 0.15) is 11.9 Å². The molecule has 3 rings (SSSR count). The van der Waals surface area contributed by atoms with E-state index in [0.717, 1.165) is 32.1 Å². The SMILES string of the molecule is Cc1nc(-c2ccc(NC(C)C(=O)Nc3cccc(Br)c3)cc2)cs1. The summed E-state index contributed by atoms with van der Waals surface area (Å²) in [4.78, 5) is 16.8. The lowest BCUT2D eigenvalue weighted by atomic mass is 10.1. The predicted molar refractivity (Wildman–Crippen MR) is 108 cm³/mol. The second-order valence-corrected chi connectivity index (χ2v) is 7.67. The van der Waals surface area contributed by atoms with E-state index in [1.165, 1.54) is 0 Å². The fraction of sp³-hybridized carbons (Fsp3) is 0.158. The third kappa shape index (κ3) is 4.67. The molecule has 0 aliphatic heterocycles. The molecule has 1 unspecified atom stereocenters. The number of carbonyl (C=O) groups excluding carboxylic acids is 1. The molecule has 1 heterocycles. The zero-order chi connectivity index (χ0) is 17.8. The topological polar surface area (TPSA) is 54.0 Å². The first-order valence-corrected chi connectivity index (χ1v) is 9.54. The highest BCUT2D eigenvalue weighted by Crippen LogP contribution is 2.23. The monoisotopic (exact) mass is 415 g/mol. The first-order valence-electron chi connectivity index (χ1n) is 7.87. The lowest BCUT2D eigenvalue weighted by Gasteiger charge is -2.15. The van der Waals surface area contributed by atoms with Gasteiger partial charge in [-0.15, -0.1) is 11.3 Å². The number of hydrogen-bond acceptors (Lipinski definition) is 4. The minimum atomic E-state index is -0.355. The van der Waals surface area contributed by atoms with E-state index in [4.69, 9.17) is 0 Å². The Morgan fingerprint density at radius 3 is 2.56 bits per heavy atom. The number of halogens is 1. The number of aryl methyl sites for hydroxylation is 1. The van der Waals surface area contributed by atoms with E-state index in [0.29, 0.717) is 0 Å². The Hall–Kier alpha value is -2.18. The van der Waals surface area contributed by atoms with Crippen molar-refractivity contribution in [3.63, 3.8) is 0 Å². The molecule has 0 radical (unpaired) electrons. The van der Waals surface area contributed by atoms with E-state index >= 15 is 0 Å². The Labute approximate surface area is 159 Å². The Bertz CT molecular complexity index is 876. The Morgan fingerprint density at radius 2 is 1.92 bits per heavy atom. The summed E-state index contributed by atoms with van der Waals surface area (Å²) in [7, 11) is 0. The van der Waals surface area contributed by atoms with Gasteiger partial charge >= 0.3 is 0 Å². The first kappa shape index (κ1) is 17.6. The van der Waals surface area contributed by atoms with Gasteiger partial charge in [0, 0.05) is 26.8 Å². The van der Waals surface area contributed by atoms with Crippen molar-refractivity contribution in [1.82, 2.24) is 4.98 Å². The van der Waals surface area contributed by atoms with E-state index < -0.39 is 0 Å². The molecule has 2 aromatic carbocycles. The second-order valence-electron chi connectivity index (χ2n) is 5.69. The summed E-state index contributed by atoms with van der Waals surface area (Å²) in [5.41, 5.74) is 3.71. The molecule has 0 spiro atoms. The van der Waals surface area contributed by atoms with Crippen LogP contribution in [0.25, 0.3) is 11.3 Å². The van der Waals surface area contributed by atoms with Crippen LogP contribution in [0.15, 0.2) is 58.4 Å². The molecule has 0 saturated carbocycles. The maximum Gasteiger partial charge on any atom is 0.246 e. The van der Waals surface area contributed by atoms with Gasteiger partial charge in [0.25, 0.3) is 0 Å². The van der Waals surface area contributed by atoms with Gasteiger partial charge in [0.15, 0.2) is 0 Å². The van der Waals surface area contributed by atoms with Crippen molar-refractivity contribution in [3.05, 3.63) is 63.4 Å². The number of benzene rings is 2. The average molecular weight is 416 g/mol. The van der Waals surface area contributed by atoms with Crippen LogP contribution >= 0.6 is 27.3 Å². The van der Waals surface area contributed by atoms with Crippen LogP contribution in [0.4, 0.5) is 11.4 Å². The van der Waals surface area contributed by atoms with Crippen molar-refractivity contribution < 1.29 is 4.79 Å². The molecule has 1 aromatic heterocycles. The van der Waals surface area contributed by atoms with E-state index in [-0.39, 0.29) is 11.9 Å². The normalized spacial score (nSPS) is 11.8. The highest BCUT2D eigenvalue weighted by atomic mass is 79.9. The summed E-state index contributed by atoms with van der Waals surface area (Å²) in [6.45, 7) is 3.83. The molecule has 0 bridgehead atoms. The third-order valence-electron chi connectivity index (χ3n) is 3.67. The Kier molecular flexibility index (Phi) is 5.50. The van der Waals surface area contributed by atoms with Gasteiger partial charge in [0.1, 0.15) is 6.04 Å². The molecule has 0 aliphatic rings. The predicted octanol–water partition coefficient (Wildman–Crippen LogP) is 5.32. The average Bonchev–Trinajstić information content (AvgIpc) is 3.02. The van der Waals surface area contributed by atoms with Crippen LogP contribution in [0.3, 0.4) is 0 Å². The van der Waals surface area contributed by atoms with Crippen LogP contribution in [0.5, 0.6) is 0 Å². The number of aromatic nitrogens is 1.